The third-order valence-electron chi connectivity index (χ3n) is 2.02. The number of hydrogen-bond donors (Lipinski definition) is 0. The molecule has 1 rings (SSSR count). The second kappa shape index (κ2) is 3.84. The molecule has 0 saturated heterocycles. The third-order valence-corrected chi connectivity index (χ3v) is 2.02. The first-order chi connectivity index (χ1) is 5.83. The molecule has 1 aliphatic carbocycles. The second-order valence-electron chi connectivity index (χ2n) is 2.84. The fourth-order valence-corrected chi connectivity index (χ4v) is 1.19. The lowest BCUT2D eigenvalue weighted by Gasteiger charge is -2.24. The Morgan fingerprint density at radius 2 is 2.50 bits per heavy atom. The van der Waals surface area contributed by atoms with Crippen molar-refractivity contribution < 1.29 is 4.79 Å². The van der Waals surface area contributed by atoms with Gasteiger partial charge in [0, 0.05) is 5.41 Å². The van der Waals surface area contributed by atoms with Crippen LogP contribution in [0.25, 0.3) is 0 Å². The normalized spacial score (nSPS) is 26.3. The predicted octanol–water partition coefficient (Wildman–Crippen LogP) is 2.01. The van der Waals surface area contributed by atoms with Crippen molar-refractivity contribution in [1.82, 2.24) is 0 Å². The summed E-state index contributed by atoms with van der Waals surface area (Å²) in [6.45, 7) is 4.18. The van der Waals surface area contributed by atoms with Crippen molar-refractivity contribution in [2.45, 2.75) is 6.42 Å². The van der Waals surface area contributed by atoms with Gasteiger partial charge in [0.05, 0.1) is 6.54 Å². The minimum absolute atomic E-state index is 0.161. The summed E-state index contributed by atoms with van der Waals surface area (Å²) in [5.74, 6) is 0. The van der Waals surface area contributed by atoms with E-state index in [9.17, 15) is 4.79 Å². The average molecular weight is 161 g/mol. The summed E-state index contributed by atoms with van der Waals surface area (Å²) in [6, 6.07) is 0. The van der Waals surface area contributed by atoms with Crippen molar-refractivity contribution in [1.29, 1.82) is 0 Å². The zero-order valence-electron chi connectivity index (χ0n) is 6.86. The van der Waals surface area contributed by atoms with Gasteiger partial charge >= 0.3 is 0 Å². The van der Waals surface area contributed by atoms with Crippen LogP contribution < -0.4 is 0 Å². The summed E-state index contributed by atoms with van der Waals surface area (Å²) in [5, 5.41) is 0. The highest BCUT2D eigenvalue weighted by Crippen LogP contribution is 2.29. The molecule has 0 spiro atoms. The molecular weight excluding hydrogens is 150 g/mol. The molecular formula is C10H11NO. The zero-order valence-corrected chi connectivity index (χ0v) is 6.86. The molecule has 0 aliphatic heterocycles. The molecule has 0 aromatic carbocycles. The van der Waals surface area contributed by atoms with E-state index in [4.69, 9.17) is 0 Å². The monoisotopic (exact) mass is 161 g/mol. The first-order valence-electron chi connectivity index (χ1n) is 3.84. The van der Waals surface area contributed by atoms with Gasteiger partial charge in [-0.25, -0.2) is 9.79 Å². The number of rotatable bonds is 3. The summed E-state index contributed by atoms with van der Waals surface area (Å²) < 4.78 is 0. The van der Waals surface area contributed by atoms with Gasteiger partial charge in [-0.05, 0) is 6.42 Å². The van der Waals surface area contributed by atoms with E-state index >= 15 is 0 Å². The topological polar surface area (TPSA) is 29.4 Å². The summed E-state index contributed by atoms with van der Waals surface area (Å²) in [7, 11) is 0. The van der Waals surface area contributed by atoms with Crippen molar-refractivity contribution >= 4 is 6.08 Å². The largest absolute Gasteiger partial charge is 0.234 e. The lowest BCUT2D eigenvalue weighted by Crippen LogP contribution is -2.19. The standard InChI is InChI=1S/C10H11NO/c1-2-10(8-11-9-12)6-4-3-5-7-10/h2-6H,1,7-8H2. The summed E-state index contributed by atoms with van der Waals surface area (Å²) in [4.78, 5) is 13.5. The number of allylic oxidation sites excluding steroid dienone is 3. The molecule has 1 atom stereocenters. The van der Waals surface area contributed by atoms with E-state index in [1.807, 2.05) is 30.4 Å². The summed E-state index contributed by atoms with van der Waals surface area (Å²) >= 11 is 0. The number of carbonyl (C=O) groups excluding carboxylic acids is 1. The van der Waals surface area contributed by atoms with Crippen LogP contribution in [0.4, 0.5) is 0 Å². The van der Waals surface area contributed by atoms with E-state index in [1.165, 1.54) is 0 Å². The molecule has 0 aromatic heterocycles. The van der Waals surface area contributed by atoms with Crippen LogP contribution in [0.15, 0.2) is 42.0 Å². The van der Waals surface area contributed by atoms with Gasteiger partial charge < -0.3 is 0 Å². The molecule has 12 heavy (non-hydrogen) atoms. The second-order valence-corrected chi connectivity index (χ2v) is 2.84. The number of hydrogen-bond acceptors (Lipinski definition) is 2. The van der Waals surface area contributed by atoms with Crippen LogP contribution >= 0.6 is 0 Å². The van der Waals surface area contributed by atoms with Crippen LogP contribution in [0, 0.1) is 5.41 Å². The Balaban J connectivity index is 2.75. The van der Waals surface area contributed by atoms with E-state index in [2.05, 4.69) is 11.6 Å². The maximum absolute atomic E-state index is 9.94. The molecule has 0 heterocycles. The number of aliphatic imine (C=N–C) groups is 1. The third kappa shape index (κ3) is 1.80. The molecule has 62 valence electrons. The van der Waals surface area contributed by atoms with Crippen LogP contribution in [0.3, 0.4) is 0 Å². The molecule has 0 radical (unpaired) electrons. The smallest absolute Gasteiger partial charge is 0.211 e. The Bertz CT molecular complexity index is 272. The van der Waals surface area contributed by atoms with Crippen LogP contribution in [0.5, 0.6) is 0 Å². The van der Waals surface area contributed by atoms with Crippen molar-refractivity contribution in [3.63, 3.8) is 0 Å². The molecule has 1 unspecified atom stereocenters. The van der Waals surface area contributed by atoms with Gasteiger partial charge in [0.25, 0.3) is 0 Å². The van der Waals surface area contributed by atoms with Crippen molar-refractivity contribution in [2.24, 2.45) is 10.4 Å². The van der Waals surface area contributed by atoms with Gasteiger partial charge in [-0.15, -0.1) is 6.58 Å². The summed E-state index contributed by atoms with van der Waals surface area (Å²) in [5.41, 5.74) is -0.161. The van der Waals surface area contributed by atoms with Crippen LogP contribution in [0.2, 0.25) is 0 Å². The highest BCUT2D eigenvalue weighted by Gasteiger charge is 2.22. The first kappa shape index (κ1) is 8.69. The van der Waals surface area contributed by atoms with Crippen LogP contribution in [0.1, 0.15) is 6.42 Å². The van der Waals surface area contributed by atoms with Gasteiger partial charge in [-0.1, -0.05) is 30.4 Å². The molecule has 0 amide bonds. The van der Waals surface area contributed by atoms with Crippen LogP contribution in [-0.2, 0) is 4.79 Å². The van der Waals surface area contributed by atoms with Crippen molar-refractivity contribution in [3.8, 4) is 0 Å². The average Bonchev–Trinajstić information content (AvgIpc) is 2.16. The highest BCUT2D eigenvalue weighted by atomic mass is 16.1. The van der Waals surface area contributed by atoms with E-state index in [0.717, 1.165) is 6.42 Å². The molecule has 2 nitrogen and oxygen atoms in total. The first-order valence-corrected chi connectivity index (χ1v) is 3.84. The molecule has 2 heteroatoms. The molecule has 0 aromatic rings. The Morgan fingerprint density at radius 1 is 1.67 bits per heavy atom. The lowest BCUT2D eigenvalue weighted by molar-refractivity contribution is 0.503. The molecule has 0 bridgehead atoms. The van der Waals surface area contributed by atoms with E-state index in [-0.39, 0.29) is 5.41 Å². The molecule has 0 saturated carbocycles. The van der Waals surface area contributed by atoms with E-state index in [0.29, 0.717) is 6.54 Å². The van der Waals surface area contributed by atoms with Crippen LogP contribution in [-0.4, -0.2) is 12.6 Å². The fraction of sp³-hybridized carbons (Fsp3) is 0.300. The Labute approximate surface area is 72.0 Å². The number of nitrogens with zero attached hydrogens (tertiary/aromatic N) is 1. The zero-order chi connectivity index (χ0) is 8.86. The fourth-order valence-electron chi connectivity index (χ4n) is 1.19. The minimum Gasteiger partial charge on any atom is -0.211 e. The molecule has 0 fully saturated rings. The van der Waals surface area contributed by atoms with Gasteiger partial charge in [0.1, 0.15) is 0 Å². The maximum Gasteiger partial charge on any atom is 0.234 e. The van der Waals surface area contributed by atoms with Crippen molar-refractivity contribution in [3.05, 3.63) is 37.0 Å². The minimum atomic E-state index is -0.161. The quantitative estimate of drug-likeness (QED) is 0.353. The molecule has 1 aliphatic rings. The molecule has 0 N–H and O–H groups in total. The maximum atomic E-state index is 9.94. The number of isocyanates is 1. The van der Waals surface area contributed by atoms with E-state index in [1.54, 1.807) is 6.08 Å². The van der Waals surface area contributed by atoms with Gasteiger partial charge in [-0.2, -0.15) is 0 Å². The Morgan fingerprint density at radius 3 is 3.00 bits per heavy atom. The Hall–Kier alpha value is -1.40. The van der Waals surface area contributed by atoms with Gasteiger partial charge in [0.2, 0.25) is 6.08 Å². The predicted molar refractivity (Wildman–Crippen MR) is 48.5 cm³/mol. The van der Waals surface area contributed by atoms with Crippen molar-refractivity contribution in [2.75, 3.05) is 6.54 Å². The highest BCUT2D eigenvalue weighted by molar-refractivity contribution is 5.34. The van der Waals surface area contributed by atoms with E-state index < -0.39 is 0 Å². The summed E-state index contributed by atoms with van der Waals surface area (Å²) in [6.07, 6.45) is 12.2. The van der Waals surface area contributed by atoms with Gasteiger partial charge in [0.15, 0.2) is 0 Å². The van der Waals surface area contributed by atoms with Gasteiger partial charge in [-0.3, -0.25) is 0 Å². The lowest BCUT2D eigenvalue weighted by atomic mass is 9.82. The SMILES string of the molecule is C=CC1(CN=C=O)C=CC=CC1. The Kier molecular flexibility index (Phi) is 2.78.